The van der Waals surface area contributed by atoms with Crippen molar-refractivity contribution in [1.82, 2.24) is 10.2 Å². The molecule has 2 rings (SSSR count). The van der Waals surface area contributed by atoms with Crippen LogP contribution in [0.25, 0.3) is 0 Å². The minimum atomic E-state index is -1.16. The van der Waals surface area contributed by atoms with Crippen molar-refractivity contribution in [1.29, 1.82) is 0 Å². The van der Waals surface area contributed by atoms with E-state index >= 15 is 0 Å². The number of likely N-dealkylation sites (tertiary alicyclic amines) is 1. The van der Waals surface area contributed by atoms with Gasteiger partial charge in [0.05, 0.1) is 19.7 Å². The molecule has 0 aliphatic carbocycles. The number of nitrogens with one attached hydrogen (secondary N) is 1. The summed E-state index contributed by atoms with van der Waals surface area (Å²) in [5, 5.41) is 13.5. The number of hydrogen-bond donors (Lipinski definition) is 2. The van der Waals surface area contributed by atoms with Crippen LogP contribution < -0.4 is 10.1 Å². The first-order valence-corrected chi connectivity index (χ1v) is 7.77. The van der Waals surface area contributed by atoms with Crippen LogP contribution >= 0.6 is 0 Å². The maximum atomic E-state index is 12.3. The number of aliphatic hydroxyl groups is 1. The van der Waals surface area contributed by atoms with E-state index in [1.807, 2.05) is 12.1 Å². The summed E-state index contributed by atoms with van der Waals surface area (Å²) in [7, 11) is 1.59. The lowest BCUT2D eigenvalue weighted by Gasteiger charge is -2.37. The van der Waals surface area contributed by atoms with Gasteiger partial charge in [0.2, 0.25) is 11.8 Å². The fraction of sp³-hybridized carbons (Fsp3) is 0.529. The predicted octanol–water partition coefficient (Wildman–Crippen LogP) is 1.03. The van der Waals surface area contributed by atoms with Gasteiger partial charge in [-0.2, -0.15) is 0 Å². The second-order valence-corrected chi connectivity index (χ2v) is 6.03. The standard InChI is InChI=1S/C17H24N2O4/c1-12(20)18-11-16(21)19-10-4-5-15(19)17(2,22)13-6-8-14(23-3)9-7-13/h6-9,15,22H,4-5,10-11H2,1-3H3,(H,18,20)/t15-,17+/m1/s1. The molecule has 126 valence electrons. The van der Waals surface area contributed by atoms with Crippen LogP contribution in [0.2, 0.25) is 0 Å². The Morgan fingerprint density at radius 1 is 1.39 bits per heavy atom. The summed E-state index contributed by atoms with van der Waals surface area (Å²) >= 11 is 0. The number of nitrogens with zero attached hydrogens (tertiary/aromatic N) is 1. The van der Waals surface area contributed by atoms with Gasteiger partial charge in [-0.3, -0.25) is 9.59 Å². The predicted molar refractivity (Wildman–Crippen MR) is 86.0 cm³/mol. The summed E-state index contributed by atoms with van der Waals surface area (Å²) in [6, 6.07) is 6.91. The summed E-state index contributed by atoms with van der Waals surface area (Å²) in [5.74, 6) is 0.307. The average Bonchev–Trinajstić information content (AvgIpc) is 3.03. The van der Waals surface area contributed by atoms with Crippen LogP contribution in [-0.4, -0.2) is 48.1 Å². The number of carbonyl (C=O) groups is 2. The monoisotopic (exact) mass is 320 g/mol. The van der Waals surface area contributed by atoms with Gasteiger partial charge in [0.1, 0.15) is 11.4 Å². The SMILES string of the molecule is COc1ccc([C@](C)(O)[C@H]2CCCN2C(=O)CNC(C)=O)cc1. The van der Waals surface area contributed by atoms with E-state index in [9.17, 15) is 14.7 Å². The van der Waals surface area contributed by atoms with Crippen molar-refractivity contribution < 1.29 is 19.4 Å². The minimum Gasteiger partial charge on any atom is -0.497 e. The highest BCUT2D eigenvalue weighted by molar-refractivity contribution is 5.84. The largest absolute Gasteiger partial charge is 0.497 e. The molecule has 6 heteroatoms. The lowest BCUT2D eigenvalue weighted by Crippen LogP contribution is -2.50. The zero-order valence-electron chi connectivity index (χ0n) is 13.8. The lowest BCUT2D eigenvalue weighted by atomic mass is 9.86. The number of hydrogen-bond acceptors (Lipinski definition) is 4. The summed E-state index contributed by atoms with van der Waals surface area (Å²) in [4.78, 5) is 25.0. The fourth-order valence-corrected chi connectivity index (χ4v) is 3.07. The Hall–Kier alpha value is -2.08. The maximum Gasteiger partial charge on any atom is 0.242 e. The second kappa shape index (κ2) is 7.00. The van der Waals surface area contributed by atoms with E-state index in [0.717, 1.165) is 24.2 Å². The second-order valence-electron chi connectivity index (χ2n) is 6.03. The Kier molecular flexibility index (Phi) is 5.26. The molecule has 2 atom stereocenters. The molecule has 6 nitrogen and oxygen atoms in total. The Labute approximate surface area is 136 Å². The number of rotatable bonds is 5. The van der Waals surface area contributed by atoms with Gasteiger partial charge in [0.15, 0.2) is 0 Å². The quantitative estimate of drug-likeness (QED) is 0.849. The average molecular weight is 320 g/mol. The molecule has 2 amide bonds. The van der Waals surface area contributed by atoms with E-state index in [0.29, 0.717) is 6.54 Å². The van der Waals surface area contributed by atoms with E-state index in [1.165, 1.54) is 6.92 Å². The van der Waals surface area contributed by atoms with Gasteiger partial charge in [-0.1, -0.05) is 12.1 Å². The first-order valence-electron chi connectivity index (χ1n) is 7.77. The van der Waals surface area contributed by atoms with Crippen molar-refractivity contribution in [2.45, 2.75) is 38.3 Å². The molecule has 1 aromatic carbocycles. The Morgan fingerprint density at radius 3 is 2.61 bits per heavy atom. The zero-order chi connectivity index (χ0) is 17.0. The molecule has 0 unspecified atom stereocenters. The van der Waals surface area contributed by atoms with E-state index in [1.54, 1.807) is 31.1 Å². The van der Waals surface area contributed by atoms with Gasteiger partial charge >= 0.3 is 0 Å². The number of ether oxygens (including phenoxy) is 1. The van der Waals surface area contributed by atoms with E-state index < -0.39 is 5.60 Å². The summed E-state index contributed by atoms with van der Waals surface area (Å²) in [6.45, 7) is 3.66. The van der Waals surface area contributed by atoms with Crippen molar-refractivity contribution in [3.05, 3.63) is 29.8 Å². The fourth-order valence-electron chi connectivity index (χ4n) is 3.07. The van der Waals surface area contributed by atoms with Crippen LogP contribution in [0, 0.1) is 0 Å². The Morgan fingerprint density at radius 2 is 2.04 bits per heavy atom. The number of benzene rings is 1. The van der Waals surface area contributed by atoms with Gasteiger partial charge < -0.3 is 20.1 Å². The van der Waals surface area contributed by atoms with Crippen molar-refractivity contribution in [2.24, 2.45) is 0 Å². The molecule has 2 N–H and O–H groups in total. The van der Waals surface area contributed by atoms with E-state index in [-0.39, 0.29) is 24.4 Å². The highest BCUT2D eigenvalue weighted by Gasteiger charge is 2.42. The molecular weight excluding hydrogens is 296 g/mol. The van der Waals surface area contributed by atoms with Crippen molar-refractivity contribution >= 4 is 11.8 Å². The van der Waals surface area contributed by atoms with Crippen LogP contribution in [0.1, 0.15) is 32.3 Å². The third-order valence-corrected chi connectivity index (χ3v) is 4.39. The summed E-state index contributed by atoms with van der Waals surface area (Å²) < 4.78 is 5.13. The van der Waals surface area contributed by atoms with Gasteiger partial charge in [-0.15, -0.1) is 0 Å². The molecule has 1 heterocycles. The number of carbonyl (C=O) groups excluding carboxylic acids is 2. The molecule has 1 saturated heterocycles. The van der Waals surface area contributed by atoms with Gasteiger partial charge in [0.25, 0.3) is 0 Å². The molecule has 1 aromatic rings. The molecule has 1 fully saturated rings. The van der Waals surface area contributed by atoms with Gasteiger partial charge in [-0.05, 0) is 37.5 Å². The van der Waals surface area contributed by atoms with Crippen LogP contribution in [-0.2, 0) is 15.2 Å². The highest BCUT2D eigenvalue weighted by atomic mass is 16.5. The molecule has 0 bridgehead atoms. The molecule has 1 aliphatic rings. The normalized spacial score (nSPS) is 20.0. The van der Waals surface area contributed by atoms with Crippen molar-refractivity contribution in [3.63, 3.8) is 0 Å². The molecule has 23 heavy (non-hydrogen) atoms. The van der Waals surface area contributed by atoms with Crippen LogP contribution in [0.3, 0.4) is 0 Å². The van der Waals surface area contributed by atoms with Crippen molar-refractivity contribution in [2.75, 3.05) is 20.2 Å². The van der Waals surface area contributed by atoms with Gasteiger partial charge in [0, 0.05) is 13.5 Å². The first kappa shape index (κ1) is 17.3. The molecule has 0 radical (unpaired) electrons. The molecule has 0 spiro atoms. The van der Waals surface area contributed by atoms with Crippen LogP contribution in [0.15, 0.2) is 24.3 Å². The molecule has 1 aliphatic heterocycles. The van der Waals surface area contributed by atoms with E-state index in [4.69, 9.17) is 4.74 Å². The van der Waals surface area contributed by atoms with Crippen LogP contribution in [0.5, 0.6) is 5.75 Å². The molecule has 0 saturated carbocycles. The lowest BCUT2D eigenvalue weighted by molar-refractivity contribution is -0.138. The first-order chi connectivity index (χ1) is 10.9. The Balaban J connectivity index is 2.15. The third kappa shape index (κ3) is 3.82. The summed E-state index contributed by atoms with van der Waals surface area (Å²) in [5.41, 5.74) is -0.420. The smallest absolute Gasteiger partial charge is 0.242 e. The Bertz CT molecular complexity index is 568. The minimum absolute atomic E-state index is 0.0372. The zero-order valence-corrected chi connectivity index (χ0v) is 13.8. The van der Waals surface area contributed by atoms with Crippen LogP contribution in [0.4, 0.5) is 0 Å². The third-order valence-electron chi connectivity index (χ3n) is 4.39. The maximum absolute atomic E-state index is 12.3. The topological polar surface area (TPSA) is 78.9 Å². The van der Waals surface area contributed by atoms with Crippen molar-refractivity contribution in [3.8, 4) is 5.75 Å². The number of methoxy groups -OCH3 is 1. The molecule has 0 aromatic heterocycles. The van der Waals surface area contributed by atoms with E-state index in [2.05, 4.69) is 5.32 Å². The number of amides is 2. The summed E-state index contributed by atoms with van der Waals surface area (Å²) in [6.07, 6.45) is 1.56. The highest BCUT2D eigenvalue weighted by Crippen LogP contribution is 2.35. The molecular formula is C17H24N2O4. The van der Waals surface area contributed by atoms with Gasteiger partial charge in [-0.25, -0.2) is 0 Å².